The SMILES string of the molecule is CCCOC(C=Cc1cccc(SC(F)(F)F)c1)COc1ccccc1SC(F)(F)F. The zero-order chi connectivity index (χ0) is 22.9. The van der Waals surface area contributed by atoms with Crippen molar-refractivity contribution < 1.29 is 35.8 Å². The normalized spacial score (nSPS) is 13.5. The maximum atomic E-state index is 12.7. The fourth-order valence-electron chi connectivity index (χ4n) is 2.41. The summed E-state index contributed by atoms with van der Waals surface area (Å²) in [7, 11) is 0. The van der Waals surface area contributed by atoms with E-state index in [2.05, 4.69) is 0 Å². The van der Waals surface area contributed by atoms with Crippen LogP contribution in [-0.2, 0) is 4.74 Å². The van der Waals surface area contributed by atoms with E-state index < -0.39 is 17.1 Å². The molecule has 31 heavy (non-hydrogen) atoms. The molecule has 170 valence electrons. The number of para-hydroxylation sites is 1. The molecule has 0 amide bonds. The Bertz CT molecular complexity index is 852. The average molecular weight is 483 g/mol. The van der Waals surface area contributed by atoms with Crippen molar-refractivity contribution in [2.45, 2.75) is 40.3 Å². The van der Waals surface area contributed by atoms with Crippen molar-refractivity contribution in [1.82, 2.24) is 0 Å². The third-order valence-corrected chi connectivity index (χ3v) is 5.12. The van der Waals surface area contributed by atoms with Crippen LogP contribution in [-0.4, -0.2) is 30.3 Å². The number of thioether (sulfide) groups is 2. The highest BCUT2D eigenvalue weighted by atomic mass is 32.2. The van der Waals surface area contributed by atoms with Gasteiger partial charge >= 0.3 is 11.0 Å². The van der Waals surface area contributed by atoms with Gasteiger partial charge in [0.2, 0.25) is 0 Å². The second-order valence-corrected chi connectivity index (χ2v) is 8.44. The molecule has 0 aliphatic carbocycles. The Hall–Kier alpha value is -1.78. The number of rotatable bonds is 10. The summed E-state index contributed by atoms with van der Waals surface area (Å²) in [5.74, 6) is 0.0758. The summed E-state index contributed by atoms with van der Waals surface area (Å²) in [6.07, 6.45) is 3.33. The summed E-state index contributed by atoms with van der Waals surface area (Å²) in [6, 6.07) is 11.7. The quantitative estimate of drug-likeness (QED) is 0.254. The lowest BCUT2D eigenvalue weighted by molar-refractivity contribution is -0.0337. The van der Waals surface area contributed by atoms with Crippen LogP contribution >= 0.6 is 23.5 Å². The predicted octanol–water partition coefficient (Wildman–Crippen LogP) is 7.80. The maximum Gasteiger partial charge on any atom is 0.446 e. The molecule has 0 N–H and O–H groups in total. The van der Waals surface area contributed by atoms with Crippen LogP contribution in [0, 0.1) is 0 Å². The van der Waals surface area contributed by atoms with Crippen molar-refractivity contribution in [2.24, 2.45) is 0 Å². The van der Waals surface area contributed by atoms with Crippen molar-refractivity contribution in [3.05, 3.63) is 60.2 Å². The molecular formula is C21H20F6O2S2. The van der Waals surface area contributed by atoms with Gasteiger partial charge in [0, 0.05) is 11.5 Å². The van der Waals surface area contributed by atoms with Crippen molar-refractivity contribution in [2.75, 3.05) is 13.2 Å². The molecule has 0 aromatic heterocycles. The minimum atomic E-state index is -4.45. The van der Waals surface area contributed by atoms with Gasteiger partial charge in [0.15, 0.2) is 0 Å². The van der Waals surface area contributed by atoms with Crippen LogP contribution in [0.4, 0.5) is 26.3 Å². The molecule has 0 fully saturated rings. The first-order valence-corrected chi connectivity index (χ1v) is 10.8. The van der Waals surface area contributed by atoms with Gasteiger partial charge in [-0.3, -0.25) is 0 Å². The molecule has 2 aromatic rings. The van der Waals surface area contributed by atoms with Crippen LogP contribution in [0.5, 0.6) is 5.75 Å². The fraction of sp³-hybridized carbons (Fsp3) is 0.333. The number of alkyl halides is 6. The fourth-order valence-corrected chi connectivity index (χ4v) is 3.64. The van der Waals surface area contributed by atoms with Crippen molar-refractivity contribution in [3.8, 4) is 5.75 Å². The molecule has 1 atom stereocenters. The highest BCUT2D eigenvalue weighted by molar-refractivity contribution is 8.00. The molecule has 2 nitrogen and oxygen atoms in total. The van der Waals surface area contributed by atoms with Crippen LogP contribution in [0.15, 0.2) is 64.4 Å². The van der Waals surface area contributed by atoms with E-state index in [0.29, 0.717) is 18.6 Å². The summed E-state index contributed by atoms with van der Waals surface area (Å²) in [6.45, 7) is 2.24. The van der Waals surface area contributed by atoms with E-state index in [-0.39, 0.29) is 45.7 Å². The molecule has 2 aromatic carbocycles. The van der Waals surface area contributed by atoms with Gasteiger partial charge in [-0.25, -0.2) is 0 Å². The maximum absolute atomic E-state index is 12.7. The van der Waals surface area contributed by atoms with E-state index in [9.17, 15) is 26.3 Å². The van der Waals surface area contributed by atoms with Crippen molar-refractivity contribution in [1.29, 1.82) is 0 Å². The molecule has 0 spiro atoms. The lowest BCUT2D eigenvalue weighted by atomic mass is 10.2. The van der Waals surface area contributed by atoms with Gasteiger partial charge in [0.1, 0.15) is 18.5 Å². The second-order valence-electron chi connectivity index (χ2n) is 6.19. The molecule has 0 aliphatic heterocycles. The summed E-state index contributed by atoms with van der Waals surface area (Å²) in [4.78, 5) is -0.0138. The van der Waals surface area contributed by atoms with E-state index in [1.807, 2.05) is 6.92 Å². The molecule has 0 saturated carbocycles. The molecule has 0 radical (unpaired) electrons. The Morgan fingerprint density at radius 1 is 0.935 bits per heavy atom. The lowest BCUT2D eigenvalue weighted by Crippen LogP contribution is -2.20. The Morgan fingerprint density at radius 2 is 1.65 bits per heavy atom. The first-order chi connectivity index (χ1) is 14.6. The molecule has 0 bridgehead atoms. The Kier molecular flexibility index (Phi) is 9.64. The van der Waals surface area contributed by atoms with Crippen LogP contribution in [0.25, 0.3) is 6.08 Å². The molecule has 0 heterocycles. The molecule has 0 saturated heterocycles. The van der Waals surface area contributed by atoms with E-state index >= 15 is 0 Å². The third kappa shape index (κ3) is 10.4. The Morgan fingerprint density at radius 3 is 2.32 bits per heavy atom. The van der Waals surface area contributed by atoms with Crippen LogP contribution in [0.3, 0.4) is 0 Å². The summed E-state index contributed by atoms with van der Waals surface area (Å²) in [5, 5.41) is 0. The molecule has 2 rings (SSSR count). The molecule has 1 unspecified atom stereocenters. The zero-order valence-corrected chi connectivity index (χ0v) is 18.0. The Balaban J connectivity index is 2.09. The minimum absolute atomic E-state index is 0.0510. The van der Waals surface area contributed by atoms with Crippen LogP contribution in [0.2, 0.25) is 0 Å². The highest BCUT2D eigenvalue weighted by Crippen LogP contribution is 2.41. The molecule has 10 heteroatoms. The van der Waals surface area contributed by atoms with Crippen molar-refractivity contribution in [3.63, 3.8) is 0 Å². The van der Waals surface area contributed by atoms with Gasteiger partial charge < -0.3 is 9.47 Å². The third-order valence-electron chi connectivity index (χ3n) is 3.61. The summed E-state index contributed by atoms with van der Waals surface area (Å²) < 4.78 is 87.1. The van der Waals surface area contributed by atoms with E-state index in [0.717, 1.165) is 0 Å². The van der Waals surface area contributed by atoms with Gasteiger partial charge in [0.25, 0.3) is 0 Å². The number of hydrogen-bond acceptors (Lipinski definition) is 4. The molecular weight excluding hydrogens is 462 g/mol. The predicted molar refractivity (Wildman–Crippen MR) is 111 cm³/mol. The second kappa shape index (κ2) is 11.7. The van der Waals surface area contributed by atoms with E-state index in [4.69, 9.17) is 9.47 Å². The van der Waals surface area contributed by atoms with Gasteiger partial charge in [-0.05, 0) is 59.8 Å². The van der Waals surface area contributed by atoms with E-state index in [1.165, 1.54) is 36.4 Å². The first kappa shape index (κ1) is 25.5. The van der Waals surface area contributed by atoms with Gasteiger partial charge in [-0.15, -0.1) is 0 Å². The number of ether oxygens (including phenoxy) is 2. The minimum Gasteiger partial charge on any atom is -0.489 e. The molecule has 0 aliphatic rings. The summed E-state index contributed by atoms with van der Waals surface area (Å²) in [5.41, 5.74) is -8.30. The first-order valence-electron chi connectivity index (χ1n) is 9.19. The highest BCUT2D eigenvalue weighted by Gasteiger charge is 2.31. The number of benzene rings is 2. The zero-order valence-electron chi connectivity index (χ0n) is 16.4. The average Bonchev–Trinajstić information content (AvgIpc) is 2.66. The summed E-state index contributed by atoms with van der Waals surface area (Å²) >= 11 is -0.472. The van der Waals surface area contributed by atoms with Crippen molar-refractivity contribution >= 4 is 29.6 Å². The lowest BCUT2D eigenvalue weighted by Gasteiger charge is -2.17. The smallest absolute Gasteiger partial charge is 0.446 e. The number of halogens is 6. The van der Waals surface area contributed by atoms with Gasteiger partial charge in [-0.1, -0.05) is 43.3 Å². The van der Waals surface area contributed by atoms with Gasteiger partial charge in [0.05, 0.1) is 4.90 Å². The standard InChI is InChI=1S/C21H20F6O2S2/c1-2-12-28-16(11-10-15-6-5-7-17(13-15)30-20(22,23)24)14-29-18-8-3-4-9-19(18)31-21(25,26)27/h3-11,13,16H,2,12,14H2,1H3. The topological polar surface area (TPSA) is 18.5 Å². The Labute approximate surface area is 185 Å². The van der Waals surface area contributed by atoms with Gasteiger partial charge in [-0.2, -0.15) is 26.3 Å². The van der Waals surface area contributed by atoms with Crippen LogP contribution in [0.1, 0.15) is 18.9 Å². The van der Waals surface area contributed by atoms with E-state index in [1.54, 1.807) is 24.3 Å². The van der Waals surface area contributed by atoms with Crippen LogP contribution < -0.4 is 4.74 Å². The monoisotopic (exact) mass is 482 g/mol. The number of hydrogen-bond donors (Lipinski definition) is 0. The largest absolute Gasteiger partial charge is 0.489 e.